The second-order valence-electron chi connectivity index (χ2n) is 2.42. The van der Waals surface area contributed by atoms with E-state index in [1.165, 1.54) is 13.2 Å². The molecule has 0 fully saturated rings. The van der Waals surface area contributed by atoms with Gasteiger partial charge in [-0.2, -0.15) is 5.26 Å². The topological polar surface area (TPSA) is 70.3 Å². The van der Waals surface area contributed by atoms with Gasteiger partial charge in [0.2, 0.25) is 0 Å². The van der Waals surface area contributed by atoms with E-state index < -0.39 is 17.3 Å². The molecule has 0 saturated carbocycles. The molecule has 0 bridgehead atoms. The van der Waals surface area contributed by atoms with E-state index in [1.54, 1.807) is 6.07 Å². The molecule has 14 heavy (non-hydrogen) atoms. The molecule has 1 N–H and O–H groups in total. The molecule has 4 nitrogen and oxygen atoms in total. The number of hydrogen-bond acceptors (Lipinski definition) is 3. The standard InChI is InChI=1S/C9H6FNO3/c1-14-8-5(4-11)2-3-6(10)7(8)9(12)13/h2-3H,1H3,(H,12,13). The highest BCUT2D eigenvalue weighted by Gasteiger charge is 2.20. The highest BCUT2D eigenvalue weighted by Crippen LogP contribution is 2.25. The number of hydrogen-bond donors (Lipinski definition) is 1. The van der Waals surface area contributed by atoms with Gasteiger partial charge in [0.05, 0.1) is 12.7 Å². The molecule has 0 spiro atoms. The average molecular weight is 195 g/mol. The lowest BCUT2D eigenvalue weighted by molar-refractivity contribution is 0.0688. The van der Waals surface area contributed by atoms with Gasteiger partial charge >= 0.3 is 5.97 Å². The molecule has 0 unspecified atom stereocenters. The van der Waals surface area contributed by atoms with Crippen LogP contribution in [0.1, 0.15) is 15.9 Å². The quantitative estimate of drug-likeness (QED) is 0.774. The number of halogens is 1. The van der Waals surface area contributed by atoms with E-state index in [1.807, 2.05) is 0 Å². The molecule has 0 aliphatic carbocycles. The molecule has 0 saturated heterocycles. The molecular weight excluding hydrogens is 189 g/mol. The number of benzene rings is 1. The fourth-order valence-corrected chi connectivity index (χ4v) is 1.06. The minimum absolute atomic E-state index is 0.00806. The van der Waals surface area contributed by atoms with Crippen LogP contribution < -0.4 is 4.74 Å². The first-order chi connectivity index (χ1) is 6.61. The van der Waals surface area contributed by atoms with Crippen LogP contribution >= 0.6 is 0 Å². The van der Waals surface area contributed by atoms with Crippen molar-refractivity contribution >= 4 is 5.97 Å². The van der Waals surface area contributed by atoms with E-state index >= 15 is 0 Å². The van der Waals surface area contributed by atoms with Gasteiger partial charge in [-0.15, -0.1) is 0 Å². The Balaban J connectivity index is 3.53. The van der Waals surface area contributed by atoms with E-state index in [-0.39, 0.29) is 11.3 Å². The Kier molecular flexibility index (Phi) is 2.67. The van der Waals surface area contributed by atoms with Crippen LogP contribution in [0.2, 0.25) is 0 Å². The monoisotopic (exact) mass is 195 g/mol. The Labute approximate surface area is 79.2 Å². The number of carbonyl (C=O) groups is 1. The lowest BCUT2D eigenvalue weighted by Crippen LogP contribution is -2.05. The molecule has 1 aromatic rings. The number of rotatable bonds is 2. The molecule has 1 rings (SSSR count). The number of nitriles is 1. The summed E-state index contributed by atoms with van der Waals surface area (Å²) in [5.41, 5.74) is -0.627. The van der Waals surface area contributed by atoms with Crippen molar-refractivity contribution in [3.05, 3.63) is 29.1 Å². The maximum Gasteiger partial charge on any atom is 0.342 e. The highest BCUT2D eigenvalue weighted by atomic mass is 19.1. The summed E-state index contributed by atoms with van der Waals surface area (Å²) < 4.78 is 17.7. The molecule has 72 valence electrons. The van der Waals surface area contributed by atoms with Gasteiger partial charge in [-0.3, -0.25) is 0 Å². The lowest BCUT2D eigenvalue weighted by atomic mass is 10.1. The van der Waals surface area contributed by atoms with Crippen LogP contribution in [-0.4, -0.2) is 18.2 Å². The van der Waals surface area contributed by atoms with E-state index in [2.05, 4.69) is 4.74 Å². The first kappa shape index (κ1) is 9.99. The van der Waals surface area contributed by atoms with Crippen molar-refractivity contribution in [2.24, 2.45) is 0 Å². The fraction of sp³-hybridized carbons (Fsp3) is 0.111. The largest absolute Gasteiger partial charge is 0.494 e. The highest BCUT2D eigenvalue weighted by molar-refractivity contribution is 5.92. The van der Waals surface area contributed by atoms with E-state index in [9.17, 15) is 9.18 Å². The average Bonchev–Trinajstić information content (AvgIpc) is 2.16. The second-order valence-corrected chi connectivity index (χ2v) is 2.42. The van der Waals surface area contributed by atoms with Gasteiger partial charge in [-0.1, -0.05) is 0 Å². The molecular formula is C9H6FNO3. The number of aromatic carboxylic acids is 1. The van der Waals surface area contributed by atoms with Crippen LogP contribution in [0.25, 0.3) is 0 Å². The SMILES string of the molecule is COc1c(C#N)ccc(F)c1C(=O)O. The van der Waals surface area contributed by atoms with Gasteiger partial charge in [0.25, 0.3) is 0 Å². The van der Waals surface area contributed by atoms with Crippen LogP contribution in [0.5, 0.6) is 5.75 Å². The van der Waals surface area contributed by atoms with E-state index in [4.69, 9.17) is 10.4 Å². The molecule has 0 radical (unpaired) electrons. The van der Waals surface area contributed by atoms with Gasteiger partial charge in [0.15, 0.2) is 5.75 Å². The summed E-state index contributed by atoms with van der Waals surface area (Å²) >= 11 is 0. The number of methoxy groups -OCH3 is 1. The Bertz CT molecular complexity index is 423. The van der Waals surface area contributed by atoms with Gasteiger partial charge in [-0.25, -0.2) is 9.18 Å². The summed E-state index contributed by atoms with van der Waals surface area (Å²) in [4.78, 5) is 10.6. The lowest BCUT2D eigenvalue weighted by Gasteiger charge is -2.06. The van der Waals surface area contributed by atoms with Crippen LogP contribution in [0.4, 0.5) is 4.39 Å². The summed E-state index contributed by atoms with van der Waals surface area (Å²) in [7, 11) is 1.18. The predicted molar refractivity (Wildman–Crippen MR) is 44.6 cm³/mol. The van der Waals surface area contributed by atoms with Crippen LogP contribution in [0, 0.1) is 17.1 Å². The van der Waals surface area contributed by atoms with Crippen molar-refractivity contribution < 1.29 is 19.0 Å². The van der Waals surface area contributed by atoms with Crippen molar-refractivity contribution in [3.63, 3.8) is 0 Å². The molecule has 1 aromatic carbocycles. The summed E-state index contributed by atoms with van der Waals surface area (Å²) in [6.07, 6.45) is 0. The van der Waals surface area contributed by atoms with Gasteiger partial charge in [-0.05, 0) is 12.1 Å². The first-order valence-electron chi connectivity index (χ1n) is 3.61. The second kappa shape index (κ2) is 3.75. The third-order valence-electron chi connectivity index (χ3n) is 1.65. The zero-order valence-corrected chi connectivity index (χ0v) is 7.24. The smallest absolute Gasteiger partial charge is 0.342 e. The number of nitrogens with zero attached hydrogens (tertiary/aromatic N) is 1. The molecule has 0 amide bonds. The zero-order chi connectivity index (χ0) is 10.7. The maximum absolute atomic E-state index is 13.0. The maximum atomic E-state index is 13.0. The third kappa shape index (κ3) is 1.50. The van der Waals surface area contributed by atoms with Gasteiger partial charge < -0.3 is 9.84 Å². The number of carboxylic acid groups (broad SMARTS) is 1. The molecule has 0 aliphatic rings. The molecule has 0 aliphatic heterocycles. The van der Waals surface area contributed by atoms with E-state index in [0.29, 0.717) is 0 Å². The first-order valence-corrected chi connectivity index (χ1v) is 3.61. The van der Waals surface area contributed by atoms with Crippen molar-refractivity contribution in [1.29, 1.82) is 5.26 Å². The predicted octanol–water partition coefficient (Wildman–Crippen LogP) is 1.40. The van der Waals surface area contributed by atoms with Crippen LogP contribution in [0.15, 0.2) is 12.1 Å². The number of carboxylic acids is 1. The Morgan fingerprint density at radius 1 is 1.64 bits per heavy atom. The zero-order valence-electron chi connectivity index (χ0n) is 7.24. The summed E-state index contributed by atoms with van der Waals surface area (Å²) in [5.74, 6) is -2.63. The Morgan fingerprint density at radius 2 is 2.29 bits per heavy atom. The van der Waals surface area contributed by atoms with Crippen LogP contribution in [0.3, 0.4) is 0 Å². The van der Waals surface area contributed by atoms with Crippen molar-refractivity contribution in [1.82, 2.24) is 0 Å². The summed E-state index contributed by atoms with van der Waals surface area (Å²) in [5, 5.41) is 17.3. The van der Waals surface area contributed by atoms with E-state index in [0.717, 1.165) is 6.07 Å². The molecule has 0 aromatic heterocycles. The van der Waals surface area contributed by atoms with Crippen molar-refractivity contribution in [2.45, 2.75) is 0 Å². The summed E-state index contributed by atoms with van der Waals surface area (Å²) in [6.45, 7) is 0. The van der Waals surface area contributed by atoms with Crippen LogP contribution in [-0.2, 0) is 0 Å². The number of ether oxygens (including phenoxy) is 1. The Morgan fingerprint density at radius 3 is 2.71 bits per heavy atom. The fourth-order valence-electron chi connectivity index (χ4n) is 1.06. The molecule has 0 heterocycles. The van der Waals surface area contributed by atoms with Gasteiger partial charge in [0, 0.05) is 0 Å². The third-order valence-corrected chi connectivity index (χ3v) is 1.65. The molecule has 5 heteroatoms. The van der Waals surface area contributed by atoms with Gasteiger partial charge in [0.1, 0.15) is 17.4 Å². The van der Waals surface area contributed by atoms with Crippen molar-refractivity contribution in [2.75, 3.05) is 7.11 Å². The minimum atomic E-state index is -1.46. The molecule has 0 atom stereocenters. The van der Waals surface area contributed by atoms with Crippen molar-refractivity contribution in [3.8, 4) is 11.8 Å². The summed E-state index contributed by atoms with van der Waals surface area (Å²) in [6, 6.07) is 3.80. The minimum Gasteiger partial charge on any atom is -0.494 e. The normalized spacial score (nSPS) is 9.21. The Hall–Kier alpha value is -2.09.